The van der Waals surface area contributed by atoms with E-state index >= 15 is 0 Å². The van der Waals surface area contributed by atoms with Gasteiger partial charge in [0.15, 0.2) is 23.7 Å². The zero-order valence-corrected chi connectivity index (χ0v) is 23.3. The number of nitrogens with one attached hydrogen (secondary N) is 1. The molecule has 2 aromatic rings. The van der Waals surface area contributed by atoms with Crippen LogP contribution in [0, 0.1) is 0 Å². The molecule has 6 unspecified atom stereocenters. The van der Waals surface area contributed by atoms with Crippen LogP contribution in [0.15, 0.2) is 54.1 Å². The molecule has 0 radical (unpaired) electrons. The summed E-state index contributed by atoms with van der Waals surface area (Å²) in [6, 6.07) is 14.1. The molecular weight excluding hydrogens is 534 g/mol. The second-order valence-electron chi connectivity index (χ2n) is 10.2. The van der Waals surface area contributed by atoms with E-state index in [0.29, 0.717) is 25.0 Å². The molecule has 2 heterocycles. The van der Waals surface area contributed by atoms with Gasteiger partial charge in [-0.2, -0.15) is 0 Å². The van der Waals surface area contributed by atoms with E-state index in [1.54, 1.807) is 25.3 Å². The van der Waals surface area contributed by atoms with E-state index in [1.807, 2.05) is 30.3 Å². The Hall–Kier alpha value is -3.48. The number of aromatic hydroxyl groups is 1. The van der Waals surface area contributed by atoms with Crippen molar-refractivity contribution in [2.24, 2.45) is 0 Å². The number of carbonyl (C=O) groups excluding carboxylic acids is 2. The molecule has 0 aliphatic carbocycles. The van der Waals surface area contributed by atoms with Crippen molar-refractivity contribution in [3.63, 3.8) is 0 Å². The Balaban J connectivity index is 1.78. The first-order valence-corrected chi connectivity index (χ1v) is 13.5. The molecule has 2 aliphatic rings. The largest absolute Gasteiger partial charge is 0.504 e. The van der Waals surface area contributed by atoms with Crippen LogP contribution in [-0.2, 0) is 28.5 Å². The highest BCUT2D eigenvalue weighted by Gasteiger charge is 2.59. The summed E-state index contributed by atoms with van der Waals surface area (Å²) in [6.45, 7) is 1.73. The molecule has 0 amide bonds. The van der Waals surface area contributed by atoms with Gasteiger partial charge in [0.1, 0.15) is 12.2 Å². The van der Waals surface area contributed by atoms with Crippen LogP contribution >= 0.6 is 0 Å². The van der Waals surface area contributed by atoms with Gasteiger partial charge >= 0.3 is 11.9 Å². The number of ether oxygens (including phenoxy) is 5. The number of β-amino-alcohol motifs (C(OH)–C–C–N with tert-alkyl or cyclic N) is 1. The number of esters is 2. The van der Waals surface area contributed by atoms with Crippen LogP contribution in [0.2, 0.25) is 0 Å². The van der Waals surface area contributed by atoms with Gasteiger partial charge in [-0.1, -0.05) is 36.4 Å². The molecule has 11 nitrogen and oxygen atoms in total. The summed E-state index contributed by atoms with van der Waals surface area (Å²) < 4.78 is 27.5. The fourth-order valence-corrected chi connectivity index (χ4v) is 5.29. The number of fused-ring (bicyclic) bond motifs is 2. The number of hydrogen-bond acceptors (Lipinski definition) is 11. The number of benzene rings is 2. The van der Waals surface area contributed by atoms with Crippen LogP contribution in [-0.4, -0.2) is 91.4 Å². The predicted molar refractivity (Wildman–Crippen MR) is 147 cm³/mol. The van der Waals surface area contributed by atoms with Gasteiger partial charge < -0.3 is 44.3 Å². The lowest BCUT2D eigenvalue weighted by Gasteiger charge is -2.51. The maximum absolute atomic E-state index is 14.1. The van der Waals surface area contributed by atoms with Crippen molar-refractivity contribution in [2.75, 3.05) is 33.9 Å². The summed E-state index contributed by atoms with van der Waals surface area (Å²) >= 11 is 0. The van der Waals surface area contributed by atoms with Crippen molar-refractivity contribution >= 4 is 18.0 Å². The van der Waals surface area contributed by atoms with E-state index < -0.39 is 48.1 Å². The van der Waals surface area contributed by atoms with E-state index in [0.717, 1.165) is 5.56 Å². The average Bonchev–Trinajstić information content (AvgIpc) is 2.96. The molecule has 0 spiro atoms. The smallest absolute Gasteiger partial charge is 0.335 e. The molecule has 2 fully saturated rings. The second kappa shape index (κ2) is 13.5. The third kappa shape index (κ3) is 7.06. The summed E-state index contributed by atoms with van der Waals surface area (Å²) in [7, 11) is 3.02. The Morgan fingerprint density at radius 1 is 1.17 bits per heavy atom. The molecule has 11 heteroatoms. The highest BCUT2D eigenvalue weighted by Crippen LogP contribution is 2.38. The number of rotatable bonds is 11. The average molecular weight is 572 g/mol. The van der Waals surface area contributed by atoms with E-state index in [1.165, 1.54) is 20.1 Å². The quantitative estimate of drug-likeness (QED) is 0.178. The van der Waals surface area contributed by atoms with Crippen LogP contribution in [0.3, 0.4) is 0 Å². The molecule has 2 bridgehead atoms. The maximum atomic E-state index is 14.1. The molecule has 41 heavy (non-hydrogen) atoms. The lowest BCUT2D eigenvalue weighted by Crippen LogP contribution is -2.73. The molecule has 0 aromatic heterocycles. The third-order valence-corrected chi connectivity index (χ3v) is 7.26. The number of aliphatic hydroxyl groups excluding tert-OH is 1. The van der Waals surface area contributed by atoms with Crippen molar-refractivity contribution in [3.05, 3.63) is 65.2 Å². The van der Waals surface area contributed by atoms with Crippen molar-refractivity contribution in [1.82, 2.24) is 5.32 Å². The molecular formula is C30H37NO10. The molecule has 4 rings (SSSR count). The third-order valence-electron chi connectivity index (χ3n) is 7.26. The van der Waals surface area contributed by atoms with E-state index in [4.69, 9.17) is 23.7 Å². The van der Waals surface area contributed by atoms with Gasteiger partial charge in [0.05, 0.1) is 13.7 Å². The summed E-state index contributed by atoms with van der Waals surface area (Å²) in [6.07, 6.45) is -2.37. The Kier molecular flexibility index (Phi) is 10.0. The zero-order chi connectivity index (χ0) is 29.6. The van der Waals surface area contributed by atoms with E-state index in [2.05, 4.69) is 5.32 Å². The summed E-state index contributed by atoms with van der Waals surface area (Å²) in [5.74, 6) is -3.88. The number of methoxy groups -OCH3 is 2. The first-order chi connectivity index (χ1) is 19.7. The van der Waals surface area contributed by atoms with Crippen molar-refractivity contribution in [2.45, 2.75) is 55.9 Å². The fourth-order valence-electron chi connectivity index (χ4n) is 5.29. The van der Waals surface area contributed by atoms with Crippen LogP contribution in [0.25, 0.3) is 6.08 Å². The number of hydrogen-bond donors (Lipinski definition) is 4. The minimum absolute atomic E-state index is 0.0624. The van der Waals surface area contributed by atoms with Crippen LogP contribution < -0.4 is 10.1 Å². The molecule has 222 valence electrons. The van der Waals surface area contributed by atoms with Gasteiger partial charge in [0.2, 0.25) is 5.79 Å². The van der Waals surface area contributed by atoms with Gasteiger partial charge in [-0.15, -0.1) is 0 Å². The fraction of sp³-hybridized carbons (Fsp3) is 0.467. The van der Waals surface area contributed by atoms with Gasteiger partial charge in [0.25, 0.3) is 0 Å². The normalized spacial score (nSPS) is 26.6. The Bertz CT molecular complexity index is 1240. The summed E-state index contributed by atoms with van der Waals surface area (Å²) in [4.78, 5) is 26.1. The number of phenols is 1. The first kappa shape index (κ1) is 30.5. The van der Waals surface area contributed by atoms with Gasteiger partial charge in [-0.25, -0.2) is 4.79 Å². The first-order valence-electron chi connectivity index (χ1n) is 13.5. The molecule has 2 saturated heterocycles. The van der Waals surface area contributed by atoms with Crippen molar-refractivity contribution in [1.29, 1.82) is 0 Å². The number of phenolic OH excluding ortho intramolecular Hbond substituents is 1. The number of morpholine rings is 1. The molecule has 2 aliphatic heterocycles. The van der Waals surface area contributed by atoms with Crippen LogP contribution in [0.4, 0.5) is 0 Å². The molecule has 6 atom stereocenters. The SMILES string of the molecule is COCCCC(C(=Cc1ccc(O)c(OC)c1)C(=O)OC1C(OC(C)=O)C(O)C2CNCC1(O)O2)c1ccccc1. The molecule has 0 saturated carbocycles. The molecule has 4 N–H and O–H groups in total. The van der Waals surface area contributed by atoms with Crippen molar-refractivity contribution < 1.29 is 48.6 Å². The second-order valence-corrected chi connectivity index (χ2v) is 10.2. The van der Waals surface area contributed by atoms with Crippen molar-refractivity contribution in [3.8, 4) is 11.5 Å². The number of carbonyl (C=O) groups is 2. The van der Waals surface area contributed by atoms with Crippen LogP contribution in [0.1, 0.15) is 36.8 Å². The minimum Gasteiger partial charge on any atom is -0.504 e. The standard InChI is InChI=1S/C30H37NO10/c1-18(32)39-27-26(34)25-16-31-17-30(36,41-25)28(27)40-29(35)22(14-19-11-12-23(33)24(15-19)38-3)21(10-7-13-37-2)20-8-5-4-6-9-20/h4-6,8-9,11-12,14-15,21,25-28,31,33-34,36H,7,10,13,16-17H2,1-3H3. The van der Waals surface area contributed by atoms with Gasteiger partial charge in [-0.05, 0) is 42.2 Å². The van der Waals surface area contributed by atoms with Gasteiger partial charge in [0, 0.05) is 38.7 Å². The summed E-state index contributed by atoms with van der Waals surface area (Å²) in [5, 5.41) is 35.3. The van der Waals surface area contributed by atoms with Gasteiger partial charge in [-0.3, -0.25) is 4.79 Å². The monoisotopic (exact) mass is 571 g/mol. The highest BCUT2D eigenvalue weighted by atomic mass is 16.7. The van der Waals surface area contributed by atoms with E-state index in [-0.39, 0.29) is 30.2 Å². The lowest BCUT2D eigenvalue weighted by atomic mass is 9.85. The van der Waals surface area contributed by atoms with E-state index in [9.17, 15) is 24.9 Å². The maximum Gasteiger partial charge on any atom is 0.335 e. The summed E-state index contributed by atoms with van der Waals surface area (Å²) in [5.41, 5.74) is 1.62. The topological polar surface area (TPSA) is 153 Å². The minimum atomic E-state index is -2.05. The highest BCUT2D eigenvalue weighted by molar-refractivity contribution is 5.95. The zero-order valence-electron chi connectivity index (χ0n) is 23.3. The Morgan fingerprint density at radius 3 is 2.61 bits per heavy atom. The Labute approximate surface area is 238 Å². The lowest BCUT2D eigenvalue weighted by molar-refractivity contribution is -0.355. The van der Waals surface area contributed by atoms with Crippen LogP contribution in [0.5, 0.6) is 11.5 Å². The number of aliphatic hydroxyl groups is 2. The predicted octanol–water partition coefficient (Wildman–Crippen LogP) is 1.89. The Morgan fingerprint density at radius 2 is 1.93 bits per heavy atom. The molecule has 2 aromatic carbocycles.